The van der Waals surface area contributed by atoms with E-state index in [0.29, 0.717) is 6.04 Å². The minimum atomic E-state index is 0.640. The molecule has 13 heavy (non-hydrogen) atoms. The minimum Gasteiger partial charge on any atom is -0.329 e. The maximum absolute atomic E-state index is 5.56. The summed E-state index contributed by atoms with van der Waals surface area (Å²) in [6.07, 6.45) is 0. The maximum Gasteiger partial charge on any atom is 0.0350 e. The zero-order chi connectivity index (χ0) is 9.26. The van der Waals surface area contributed by atoms with Gasteiger partial charge in [-0.25, -0.2) is 0 Å². The third kappa shape index (κ3) is 2.08. The van der Waals surface area contributed by atoms with Gasteiger partial charge in [-0.3, -0.25) is 4.90 Å². The molecule has 1 heterocycles. The van der Waals surface area contributed by atoms with E-state index < -0.39 is 0 Å². The van der Waals surface area contributed by atoms with Gasteiger partial charge >= 0.3 is 0 Å². The van der Waals surface area contributed by atoms with E-state index in [9.17, 15) is 0 Å². The largest absolute Gasteiger partial charge is 0.329 e. The Morgan fingerprint density at radius 3 is 2.62 bits per heavy atom. The van der Waals surface area contributed by atoms with Crippen molar-refractivity contribution in [1.82, 2.24) is 4.90 Å². The Kier molecular flexibility index (Phi) is 2.34. The first-order valence-electron chi connectivity index (χ1n) is 4.79. The van der Waals surface area contributed by atoms with Gasteiger partial charge in [0.25, 0.3) is 0 Å². The maximum atomic E-state index is 5.56. The lowest BCUT2D eigenvalue weighted by Gasteiger charge is -2.03. The molecule has 2 heteroatoms. The van der Waals surface area contributed by atoms with E-state index in [2.05, 4.69) is 36.1 Å². The molecular formula is C11H16N2. The highest BCUT2D eigenvalue weighted by Crippen LogP contribution is 2.19. The van der Waals surface area contributed by atoms with Gasteiger partial charge in [-0.15, -0.1) is 0 Å². The highest BCUT2D eigenvalue weighted by molar-refractivity contribution is 5.21. The molecule has 0 bridgehead atoms. The minimum absolute atomic E-state index is 0.640. The van der Waals surface area contributed by atoms with E-state index in [1.807, 2.05) is 0 Å². The van der Waals surface area contributed by atoms with Crippen molar-refractivity contribution in [2.45, 2.75) is 19.5 Å². The second-order valence-electron chi connectivity index (χ2n) is 3.80. The van der Waals surface area contributed by atoms with Crippen LogP contribution < -0.4 is 5.73 Å². The fourth-order valence-electron chi connectivity index (χ4n) is 1.57. The Labute approximate surface area is 79.4 Å². The zero-order valence-electron chi connectivity index (χ0n) is 8.03. The number of nitrogens with zero attached hydrogens (tertiary/aromatic N) is 1. The average molecular weight is 176 g/mol. The molecule has 0 aromatic heterocycles. The molecule has 2 N–H and O–H groups in total. The lowest BCUT2D eigenvalue weighted by molar-refractivity contribution is 0.504. The second kappa shape index (κ2) is 3.48. The number of rotatable bonds is 3. The SMILES string of the molecule is Cc1ccc(CN2CC2CN)cc1. The molecule has 1 aromatic rings. The molecule has 1 aliphatic heterocycles. The van der Waals surface area contributed by atoms with E-state index in [0.717, 1.165) is 13.1 Å². The van der Waals surface area contributed by atoms with Gasteiger partial charge in [-0.05, 0) is 12.5 Å². The average Bonchev–Trinajstić information content (AvgIpc) is 2.88. The van der Waals surface area contributed by atoms with Crippen LogP contribution in [0.4, 0.5) is 0 Å². The van der Waals surface area contributed by atoms with Crippen molar-refractivity contribution in [3.8, 4) is 0 Å². The molecule has 0 amide bonds. The first kappa shape index (κ1) is 8.73. The van der Waals surface area contributed by atoms with Crippen LogP contribution in [0.3, 0.4) is 0 Å². The molecule has 2 atom stereocenters. The van der Waals surface area contributed by atoms with Gasteiger partial charge in [0.15, 0.2) is 0 Å². The van der Waals surface area contributed by atoms with Crippen LogP contribution >= 0.6 is 0 Å². The zero-order valence-corrected chi connectivity index (χ0v) is 8.03. The van der Waals surface area contributed by atoms with E-state index in [1.165, 1.54) is 17.7 Å². The van der Waals surface area contributed by atoms with Crippen LogP contribution in [-0.2, 0) is 6.54 Å². The summed E-state index contributed by atoms with van der Waals surface area (Å²) in [6.45, 7) is 5.14. The molecule has 2 nitrogen and oxygen atoms in total. The molecule has 1 aliphatic rings. The van der Waals surface area contributed by atoms with Crippen LogP contribution in [0.15, 0.2) is 24.3 Å². The standard InChI is InChI=1S/C11H16N2/c1-9-2-4-10(5-3-9)7-13-8-11(13)6-12/h2-5,11H,6-8,12H2,1H3. The van der Waals surface area contributed by atoms with Crippen molar-refractivity contribution >= 4 is 0 Å². The number of nitrogens with two attached hydrogens (primary N) is 1. The van der Waals surface area contributed by atoms with E-state index >= 15 is 0 Å². The van der Waals surface area contributed by atoms with E-state index in [-0.39, 0.29) is 0 Å². The molecule has 2 unspecified atom stereocenters. The van der Waals surface area contributed by atoms with Crippen LogP contribution in [0.5, 0.6) is 0 Å². The van der Waals surface area contributed by atoms with Crippen molar-refractivity contribution in [2.24, 2.45) is 5.73 Å². The summed E-state index contributed by atoms with van der Waals surface area (Å²) in [7, 11) is 0. The van der Waals surface area contributed by atoms with Crippen LogP contribution in [0.1, 0.15) is 11.1 Å². The van der Waals surface area contributed by atoms with Crippen LogP contribution in [0.2, 0.25) is 0 Å². The summed E-state index contributed by atoms with van der Waals surface area (Å²) in [5, 5.41) is 0. The van der Waals surface area contributed by atoms with Gasteiger partial charge in [-0.1, -0.05) is 29.8 Å². The summed E-state index contributed by atoms with van der Waals surface area (Å²) in [5.41, 5.74) is 8.27. The van der Waals surface area contributed by atoms with Crippen LogP contribution in [0.25, 0.3) is 0 Å². The molecule has 1 aromatic carbocycles. The summed E-state index contributed by atoms with van der Waals surface area (Å²) in [4.78, 5) is 2.39. The van der Waals surface area contributed by atoms with Crippen molar-refractivity contribution in [3.05, 3.63) is 35.4 Å². The van der Waals surface area contributed by atoms with Gasteiger partial charge in [0.1, 0.15) is 0 Å². The Morgan fingerprint density at radius 1 is 1.38 bits per heavy atom. The Hall–Kier alpha value is -0.860. The van der Waals surface area contributed by atoms with Gasteiger partial charge < -0.3 is 5.73 Å². The second-order valence-corrected chi connectivity index (χ2v) is 3.80. The number of hydrogen-bond donors (Lipinski definition) is 1. The molecule has 70 valence electrons. The first-order valence-corrected chi connectivity index (χ1v) is 4.79. The first-order chi connectivity index (χ1) is 6.29. The molecule has 2 rings (SSSR count). The van der Waals surface area contributed by atoms with Crippen molar-refractivity contribution < 1.29 is 0 Å². The van der Waals surface area contributed by atoms with Gasteiger partial charge in [0.2, 0.25) is 0 Å². The Balaban J connectivity index is 1.92. The highest BCUT2D eigenvalue weighted by atomic mass is 15.3. The molecule has 1 fully saturated rings. The quantitative estimate of drug-likeness (QED) is 0.700. The summed E-state index contributed by atoms with van der Waals surface area (Å²) >= 11 is 0. The third-order valence-electron chi connectivity index (χ3n) is 2.61. The fraction of sp³-hybridized carbons (Fsp3) is 0.455. The van der Waals surface area contributed by atoms with Gasteiger partial charge in [0.05, 0.1) is 0 Å². The topological polar surface area (TPSA) is 29.0 Å². The fourth-order valence-corrected chi connectivity index (χ4v) is 1.57. The van der Waals surface area contributed by atoms with Gasteiger partial charge in [0, 0.05) is 25.7 Å². The van der Waals surface area contributed by atoms with Crippen LogP contribution in [-0.4, -0.2) is 24.0 Å². The molecular weight excluding hydrogens is 160 g/mol. The molecule has 0 saturated carbocycles. The van der Waals surface area contributed by atoms with Crippen LogP contribution in [0, 0.1) is 6.92 Å². The Morgan fingerprint density at radius 2 is 2.08 bits per heavy atom. The predicted octanol–water partition coefficient (Wildman–Crippen LogP) is 1.14. The van der Waals surface area contributed by atoms with Crippen molar-refractivity contribution in [1.29, 1.82) is 0 Å². The number of benzene rings is 1. The predicted molar refractivity (Wildman–Crippen MR) is 54.4 cm³/mol. The van der Waals surface area contributed by atoms with E-state index in [4.69, 9.17) is 5.73 Å². The van der Waals surface area contributed by atoms with Crippen molar-refractivity contribution in [2.75, 3.05) is 13.1 Å². The smallest absolute Gasteiger partial charge is 0.0350 e. The van der Waals surface area contributed by atoms with Crippen molar-refractivity contribution in [3.63, 3.8) is 0 Å². The monoisotopic (exact) mass is 176 g/mol. The molecule has 0 spiro atoms. The third-order valence-corrected chi connectivity index (χ3v) is 2.61. The summed E-state index contributed by atoms with van der Waals surface area (Å²) < 4.78 is 0. The lowest BCUT2D eigenvalue weighted by Crippen LogP contribution is -2.12. The van der Waals surface area contributed by atoms with E-state index in [1.54, 1.807) is 0 Å². The summed E-state index contributed by atoms with van der Waals surface area (Å²) in [6, 6.07) is 9.36. The molecule has 0 aliphatic carbocycles. The number of hydrogen-bond acceptors (Lipinski definition) is 2. The summed E-state index contributed by atoms with van der Waals surface area (Å²) in [5.74, 6) is 0. The molecule has 1 saturated heterocycles. The van der Waals surface area contributed by atoms with Gasteiger partial charge in [-0.2, -0.15) is 0 Å². The lowest BCUT2D eigenvalue weighted by atomic mass is 10.1. The number of aryl methyl sites for hydroxylation is 1. The normalized spacial score (nSPS) is 26.0. The highest BCUT2D eigenvalue weighted by Gasteiger charge is 2.31. The molecule has 0 radical (unpaired) electrons. The Bertz CT molecular complexity index is 279.